The van der Waals surface area contributed by atoms with E-state index in [1.807, 2.05) is 60.7 Å². The molecule has 92 valence electrons. The first-order chi connectivity index (χ1) is 8.75. The molecule has 2 rings (SSSR count). The molecule has 18 heavy (non-hydrogen) atoms. The molecule has 0 N–H and O–H groups in total. The van der Waals surface area contributed by atoms with Crippen molar-refractivity contribution in [2.24, 2.45) is 0 Å². The Morgan fingerprint density at radius 1 is 1.11 bits per heavy atom. The Labute approximate surface area is 120 Å². The Morgan fingerprint density at radius 2 is 1.89 bits per heavy atom. The van der Waals surface area contributed by atoms with E-state index >= 15 is 0 Å². The number of rotatable bonds is 4. The molecule has 0 unspecified atom stereocenters. The lowest BCUT2D eigenvalue weighted by Gasteiger charge is -2.05. The SMILES string of the molecule is Clc1ccc(Br)cc1OCC=Cc1ccccc1. The van der Waals surface area contributed by atoms with Crippen LogP contribution in [-0.4, -0.2) is 6.61 Å². The zero-order valence-corrected chi connectivity index (χ0v) is 12.0. The van der Waals surface area contributed by atoms with Crippen molar-refractivity contribution in [1.29, 1.82) is 0 Å². The van der Waals surface area contributed by atoms with E-state index in [1.54, 1.807) is 0 Å². The molecule has 0 aliphatic carbocycles. The van der Waals surface area contributed by atoms with Crippen molar-refractivity contribution in [2.45, 2.75) is 0 Å². The van der Waals surface area contributed by atoms with E-state index in [1.165, 1.54) is 0 Å². The van der Waals surface area contributed by atoms with E-state index in [0.717, 1.165) is 10.0 Å². The molecular weight excluding hydrogens is 312 g/mol. The Hall–Kier alpha value is -1.25. The van der Waals surface area contributed by atoms with Gasteiger partial charge in [-0.3, -0.25) is 0 Å². The molecule has 2 aromatic rings. The topological polar surface area (TPSA) is 9.23 Å². The van der Waals surface area contributed by atoms with Crippen LogP contribution in [0.3, 0.4) is 0 Å². The maximum absolute atomic E-state index is 6.02. The molecule has 0 atom stereocenters. The van der Waals surface area contributed by atoms with Crippen LogP contribution in [0, 0.1) is 0 Å². The standard InChI is InChI=1S/C15H12BrClO/c16-13-8-9-14(17)15(11-13)18-10-4-7-12-5-2-1-3-6-12/h1-9,11H,10H2. The molecule has 0 aromatic heterocycles. The monoisotopic (exact) mass is 322 g/mol. The maximum atomic E-state index is 6.02. The quantitative estimate of drug-likeness (QED) is 0.752. The summed E-state index contributed by atoms with van der Waals surface area (Å²) in [6, 6.07) is 15.6. The average molecular weight is 324 g/mol. The summed E-state index contributed by atoms with van der Waals surface area (Å²) in [5.41, 5.74) is 1.15. The molecule has 0 saturated carbocycles. The molecule has 0 aliphatic rings. The molecular formula is C15H12BrClO. The van der Waals surface area contributed by atoms with Gasteiger partial charge < -0.3 is 4.74 Å². The number of halogens is 2. The van der Waals surface area contributed by atoms with Crippen molar-refractivity contribution in [1.82, 2.24) is 0 Å². The fourth-order valence-corrected chi connectivity index (χ4v) is 1.99. The van der Waals surface area contributed by atoms with E-state index in [0.29, 0.717) is 17.4 Å². The van der Waals surface area contributed by atoms with Crippen molar-refractivity contribution in [3.05, 3.63) is 69.7 Å². The summed E-state index contributed by atoms with van der Waals surface area (Å²) in [6.07, 6.45) is 3.98. The van der Waals surface area contributed by atoms with Gasteiger partial charge in [0.25, 0.3) is 0 Å². The van der Waals surface area contributed by atoms with Crippen LogP contribution in [-0.2, 0) is 0 Å². The van der Waals surface area contributed by atoms with Gasteiger partial charge in [0.05, 0.1) is 5.02 Å². The lowest BCUT2D eigenvalue weighted by Crippen LogP contribution is -1.93. The number of hydrogen-bond acceptors (Lipinski definition) is 1. The predicted molar refractivity (Wildman–Crippen MR) is 80.1 cm³/mol. The maximum Gasteiger partial charge on any atom is 0.139 e. The Bertz CT molecular complexity index is 537. The van der Waals surface area contributed by atoms with Gasteiger partial charge in [-0.25, -0.2) is 0 Å². The highest BCUT2D eigenvalue weighted by Gasteiger charge is 2.00. The van der Waals surface area contributed by atoms with Gasteiger partial charge in [0.1, 0.15) is 12.4 Å². The average Bonchev–Trinajstić information content (AvgIpc) is 2.40. The summed E-state index contributed by atoms with van der Waals surface area (Å²) in [5.74, 6) is 0.684. The van der Waals surface area contributed by atoms with Gasteiger partial charge in [0.15, 0.2) is 0 Å². The molecule has 0 amide bonds. The van der Waals surface area contributed by atoms with E-state index in [-0.39, 0.29) is 0 Å². The van der Waals surface area contributed by atoms with Gasteiger partial charge in [0.2, 0.25) is 0 Å². The molecule has 0 heterocycles. The molecule has 0 bridgehead atoms. The van der Waals surface area contributed by atoms with Crippen LogP contribution < -0.4 is 4.74 Å². The van der Waals surface area contributed by atoms with Crippen LogP contribution in [0.2, 0.25) is 5.02 Å². The van der Waals surface area contributed by atoms with E-state index < -0.39 is 0 Å². The van der Waals surface area contributed by atoms with Crippen LogP contribution >= 0.6 is 27.5 Å². The minimum absolute atomic E-state index is 0.491. The van der Waals surface area contributed by atoms with Gasteiger partial charge in [-0.2, -0.15) is 0 Å². The fraction of sp³-hybridized carbons (Fsp3) is 0.0667. The zero-order valence-electron chi connectivity index (χ0n) is 9.64. The van der Waals surface area contributed by atoms with Crippen molar-refractivity contribution in [2.75, 3.05) is 6.61 Å². The third-order valence-corrected chi connectivity index (χ3v) is 3.14. The fourth-order valence-electron chi connectivity index (χ4n) is 1.47. The van der Waals surface area contributed by atoms with Gasteiger partial charge >= 0.3 is 0 Å². The summed E-state index contributed by atoms with van der Waals surface area (Å²) in [5, 5.41) is 0.617. The van der Waals surface area contributed by atoms with Crippen molar-refractivity contribution >= 4 is 33.6 Å². The van der Waals surface area contributed by atoms with Crippen molar-refractivity contribution < 1.29 is 4.74 Å². The first-order valence-electron chi connectivity index (χ1n) is 5.55. The minimum Gasteiger partial charge on any atom is -0.488 e. The second-order valence-corrected chi connectivity index (χ2v) is 5.02. The molecule has 0 fully saturated rings. The summed E-state index contributed by atoms with van der Waals surface area (Å²) in [7, 11) is 0. The van der Waals surface area contributed by atoms with Gasteiger partial charge in [0, 0.05) is 4.47 Å². The summed E-state index contributed by atoms with van der Waals surface area (Å²) >= 11 is 9.41. The van der Waals surface area contributed by atoms with Crippen LogP contribution in [0.5, 0.6) is 5.75 Å². The van der Waals surface area contributed by atoms with E-state index in [9.17, 15) is 0 Å². The van der Waals surface area contributed by atoms with Gasteiger partial charge in [-0.1, -0.05) is 63.9 Å². The van der Waals surface area contributed by atoms with Gasteiger partial charge in [-0.05, 0) is 29.8 Å². The lowest BCUT2D eigenvalue weighted by molar-refractivity contribution is 0.363. The van der Waals surface area contributed by atoms with Crippen LogP contribution in [0.1, 0.15) is 5.56 Å². The summed E-state index contributed by atoms with van der Waals surface area (Å²) < 4.78 is 6.54. The van der Waals surface area contributed by atoms with Crippen LogP contribution in [0.15, 0.2) is 59.1 Å². The molecule has 0 aliphatic heterocycles. The Morgan fingerprint density at radius 3 is 2.67 bits per heavy atom. The number of hydrogen-bond donors (Lipinski definition) is 0. The second kappa shape index (κ2) is 6.62. The highest BCUT2D eigenvalue weighted by Crippen LogP contribution is 2.27. The normalized spacial score (nSPS) is 10.8. The smallest absolute Gasteiger partial charge is 0.139 e. The minimum atomic E-state index is 0.491. The number of ether oxygens (including phenoxy) is 1. The van der Waals surface area contributed by atoms with Crippen molar-refractivity contribution in [3.63, 3.8) is 0 Å². The first kappa shape index (κ1) is 13.2. The third-order valence-electron chi connectivity index (χ3n) is 2.34. The highest BCUT2D eigenvalue weighted by molar-refractivity contribution is 9.10. The second-order valence-electron chi connectivity index (χ2n) is 3.70. The summed E-state index contributed by atoms with van der Waals surface area (Å²) in [6.45, 7) is 0.491. The lowest BCUT2D eigenvalue weighted by atomic mass is 10.2. The van der Waals surface area contributed by atoms with Crippen molar-refractivity contribution in [3.8, 4) is 5.75 Å². The molecule has 3 heteroatoms. The largest absolute Gasteiger partial charge is 0.488 e. The molecule has 1 nitrogen and oxygen atoms in total. The highest BCUT2D eigenvalue weighted by atomic mass is 79.9. The molecule has 2 aromatic carbocycles. The number of benzene rings is 2. The van der Waals surface area contributed by atoms with E-state index in [4.69, 9.17) is 16.3 Å². The molecule has 0 radical (unpaired) electrons. The third kappa shape index (κ3) is 3.90. The first-order valence-corrected chi connectivity index (χ1v) is 6.72. The molecule has 0 saturated heterocycles. The Balaban J connectivity index is 1.92. The molecule has 0 spiro atoms. The Kier molecular flexibility index (Phi) is 4.85. The zero-order chi connectivity index (χ0) is 12.8. The summed E-state index contributed by atoms with van der Waals surface area (Å²) in [4.78, 5) is 0. The van der Waals surface area contributed by atoms with Crippen LogP contribution in [0.4, 0.5) is 0 Å². The van der Waals surface area contributed by atoms with Crippen LogP contribution in [0.25, 0.3) is 6.08 Å². The predicted octanol–water partition coefficient (Wildman–Crippen LogP) is 5.19. The van der Waals surface area contributed by atoms with E-state index in [2.05, 4.69) is 15.9 Å². The van der Waals surface area contributed by atoms with Gasteiger partial charge in [-0.15, -0.1) is 0 Å².